The molecular formula is C20H18ClN3O. The summed E-state index contributed by atoms with van der Waals surface area (Å²) in [7, 11) is 0. The standard InChI is InChI=1S/C20H17N3O.ClH/c1-12-8-13(2)17-15(9-12)10-16(20(24)23-17)19-18(21-11-22-19)14-6-4-3-5-7-14;/h3-11H,1-2H3,(H,21,22)(H,23,24);1H. The van der Waals surface area contributed by atoms with Crippen molar-refractivity contribution < 1.29 is 0 Å². The first-order chi connectivity index (χ1) is 11.6. The summed E-state index contributed by atoms with van der Waals surface area (Å²) in [5, 5.41) is 1.02. The molecule has 0 aliphatic rings. The lowest BCUT2D eigenvalue weighted by Crippen LogP contribution is -2.10. The second-order valence-electron chi connectivity index (χ2n) is 6.05. The van der Waals surface area contributed by atoms with E-state index in [1.165, 1.54) is 5.56 Å². The van der Waals surface area contributed by atoms with E-state index < -0.39 is 0 Å². The Labute approximate surface area is 151 Å². The number of aryl methyl sites for hydroxylation is 2. The van der Waals surface area contributed by atoms with Crippen molar-refractivity contribution in [2.45, 2.75) is 13.8 Å². The van der Waals surface area contributed by atoms with Gasteiger partial charge >= 0.3 is 0 Å². The second-order valence-corrected chi connectivity index (χ2v) is 6.05. The Hall–Kier alpha value is -2.85. The van der Waals surface area contributed by atoms with Crippen LogP contribution >= 0.6 is 12.4 Å². The van der Waals surface area contributed by atoms with Crippen LogP contribution in [-0.2, 0) is 0 Å². The maximum Gasteiger partial charge on any atom is 0.257 e. The van der Waals surface area contributed by atoms with Crippen LogP contribution in [0.2, 0.25) is 0 Å². The van der Waals surface area contributed by atoms with Crippen LogP contribution in [0.5, 0.6) is 0 Å². The first-order valence-corrected chi connectivity index (χ1v) is 7.87. The predicted octanol–water partition coefficient (Wildman–Crippen LogP) is 4.62. The zero-order valence-corrected chi connectivity index (χ0v) is 14.8. The molecule has 126 valence electrons. The molecule has 2 aromatic carbocycles. The van der Waals surface area contributed by atoms with Crippen LogP contribution in [0.25, 0.3) is 33.4 Å². The van der Waals surface area contributed by atoms with Crippen LogP contribution in [-0.4, -0.2) is 15.0 Å². The number of nitrogens with one attached hydrogen (secondary N) is 2. The third kappa shape index (κ3) is 2.96. The monoisotopic (exact) mass is 351 g/mol. The van der Waals surface area contributed by atoms with Gasteiger partial charge in [0, 0.05) is 5.56 Å². The van der Waals surface area contributed by atoms with Crippen LogP contribution in [0.15, 0.2) is 59.7 Å². The van der Waals surface area contributed by atoms with Gasteiger partial charge in [0.05, 0.1) is 28.8 Å². The summed E-state index contributed by atoms with van der Waals surface area (Å²) in [5.41, 5.74) is 6.12. The normalized spacial score (nSPS) is 10.6. The minimum atomic E-state index is -0.115. The summed E-state index contributed by atoms with van der Waals surface area (Å²) in [5.74, 6) is 0. The SMILES string of the molecule is Cc1cc(C)c2[nH]c(=O)c(-c3[nH]cnc3-c3ccccc3)cc2c1.Cl. The molecule has 0 bridgehead atoms. The van der Waals surface area contributed by atoms with Gasteiger partial charge in [-0.3, -0.25) is 4.79 Å². The van der Waals surface area contributed by atoms with Gasteiger partial charge in [0.15, 0.2) is 0 Å². The summed E-state index contributed by atoms with van der Waals surface area (Å²) in [6, 6.07) is 16.0. The van der Waals surface area contributed by atoms with Crippen LogP contribution in [0.1, 0.15) is 11.1 Å². The van der Waals surface area contributed by atoms with Crippen LogP contribution in [0, 0.1) is 13.8 Å². The third-order valence-corrected chi connectivity index (χ3v) is 4.25. The lowest BCUT2D eigenvalue weighted by Gasteiger charge is -2.08. The highest BCUT2D eigenvalue weighted by Gasteiger charge is 2.14. The summed E-state index contributed by atoms with van der Waals surface area (Å²) < 4.78 is 0. The maximum absolute atomic E-state index is 12.6. The minimum absolute atomic E-state index is 0. The van der Waals surface area contributed by atoms with Crippen molar-refractivity contribution in [1.29, 1.82) is 0 Å². The molecule has 0 saturated carbocycles. The van der Waals surface area contributed by atoms with Crippen LogP contribution in [0.3, 0.4) is 0 Å². The van der Waals surface area contributed by atoms with Crippen molar-refractivity contribution in [2.75, 3.05) is 0 Å². The van der Waals surface area contributed by atoms with E-state index >= 15 is 0 Å². The van der Waals surface area contributed by atoms with Gasteiger partial charge in [-0.15, -0.1) is 12.4 Å². The van der Waals surface area contributed by atoms with Gasteiger partial charge in [-0.1, -0.05) is 42.0 Å². The molecule has 0 amide bonds. The molecule has 0 aliphatic carbocycles. The minimum Gasteiger partial charge on any atom is -0.344 e. The second kappa shape index (κ2) is 6.57. The molecule has 0 radical (unpaired) electrons. The zero-order chi connectivity index (χ0) is 16.7. The number of fused-ring (bicyclic) bond motifs is 1. The molecule has 0 fully saturated rings. The fourth-order valence-corrected chi connectivity index (χ4v) is 3.19. The van der Waals surface area contributed by atoms with Crippen molar-refractivity contribution in [2.24, 2.45) is 0 Å². The number of aromatic amines is 2. The Balaban J connectivity index is 0.00000182. The first kappa shape index (κ1) is 17.0. The number of hydrogen-bond donors (Lipinski definition) is 2. The number of imidazole rings is 1. The van der Waals surface area contributed by atoms with Gasteiger partial charge in [-0.05, 0) is 36.9 Å². The molecule has 5 heteroatoms. The molecule has 0 aliphatic heterocycles. The molecule has 4 aromatic rings. The van der Waals surface area contributed by atoms with Gasteiger partial charge in [0.2, 0.25) is 0 Å². The Morgan fingerprint density at radius 2 is 1.76 bits per heavy atom. The Kier molecular flexibility index (Phi) is 4.47. The highest BCUT2D eigenvalue weighted by Crippen LogP contribution is 2.28. The molecule has 4 nitrogen and oxygen atoms in total. The van der Waals surface area contributed by atoms with Crippen molar-refractivity contribution >= 4 is 23.3 Å². The Morgan fingerprint density at radius 3 is 2.52 bits per heavy atom. The van der Waals surface area contributed by atoms with E-state index in [0.717, 1.165) is 33.4 Å². The summed E-state index contributed by atoms with van der Waals surface area (Å²) in [4.78, 5) is 23.2. The average molecular weight is 352 g/mol. The number of hydrogen-bond acceptors (Lipinski definition) is 2. The smallest absolute Gasteiger partial charge is 0.257 e. The number of rotatable bonds is 2. The van der Waals surface area contributed by atoms with E-state index in [0.29, 0.717) is 5.56 Å². The summed E-state index contributed by atoms with van der Waals surface area (Å²) in [6.07, 6.45) is 1.63. The highest BCUT2D eigenvalue weighted by molar-refractivity contribution is 5.88. The van der Waals surface area contributed by atoms with E-state index in [2.05, 4.69) is 34.0 Å². The molecule has 25 heavy (non-hydrogen) atoms. The van der Waals surface area contributed by atoms with Gasteiger partial charge in [-0.2, -0.15) is 0 Å². The molecule has 0 spiro atoms. The molecule has 2 aromatic heterocycles. The van der Waals surface area contributed by atoms with E-state index in [9.17, 15) is 4.79 Å². The zero-order valence-electron chi connectivity index (χ0n) is 14.0. The van der Waals surface area contributed by atoms with E-state index in [-0.39, 0.29) is 18.0 Å². The first-order valence-electron chi connectivity index (χ1n) is 7.87. The molecule has 0 atom stereocenters. The Morgan fingerprint density at radius 1 is 1.00 bits per heavy atom. The molecule has 2 N–H and O–H groups in total. The molecule has 4 rings (SSSR count). The molecule has 2 heterocycles. The molecule has 0 saturated heterocycles. The lowest BCUT2D eigenvalue weighted by atomic mass is 10.0. The van der Waals surface area contributed by atoms with Gasteiger partial charge in [0.1, 0.15) is 0 Å². The van der Waals surface area contributed by atoms with E-state index in [1.54, 1.807) is 6.33 Å². The number of halogens is 1. The summed E-state index contributed by atoms with van der Waals surface area (Å²) in [6.45, 7) is 4.07. The van der Waals surface area contributed by atoms with Crippen molar-refractivity contribution in [3.8, 4) is 22.5 Å². The number of nitrogens with zero attached hydrogens (tertiary/aromatic N) is 1. The third-order valence-electron chi connectivity index (χ3n) is 4.25. The maximum atomic E-state index is 12.6. The molecular weight excluding hydrogens is 334 g/mol. The fraction of sp³-hybridized carbons (Fsp3) is 0.100. The van der Waals surface area contributed by atoms with E-state index in [1.807, 2.05) is 43.3 Å². The largest absolute Gasteiger partial charge is 0.344 e. The highest BCUT2D eigenvalue weighted by atomic mass is 35.5. The lowest BCUT2D eigenvalue weighted by molar-refractivity contribution is 1.26. The van der Waals surface area contributed by atoms with Gasteiger partial charge in [0.25, 0.3) is 5.56 Å². The number of H-pyrrole nitrogens is 2. The van der Waals surface area contributed by atoms with Crippen molar-refractivity contribution in [1.82, 2.24) is 15.0 Å². The van der Waals surface area contributed by atoms with Gasteiger partial charge < -0.3 is 9.97 Å². The van der Waals surface area contributed by atoms with Crippen LogP contribution in [0.4, 0.5) is 0 Å². The molecule has 0 unspecified atom stereocenters. The quantitative estimate of drug-likeness (QED) is 0.553. The number of benzene rings is 2. The predicted molar refractivity (Wildman–Crippen MR) is 104 cm³/mol. The average Bonchev–Trinajstić information content (AvgIpc) is 3.05. The van der Waals surface area contributed by atoms with E-state index in [4.69, 9.17) is 0 Å². The van der Waals surface area contributed by atoms with Gasteiger partial charge in [-0.25, -0.2) is 4.98 Å². The fourth-order valence-electron chi connectivity index (χ4n) is 3.19. The number of aromatic nitrogens is 3. The van der Waals surface area contributed by atoms with Crippen LogP contribution < -0.4 is 5.56 Å². The van der Waals surface area contributed by atoms with Crippen molar-refractivity contribution in [3.05, 3.63) is 76.3 Å². The Bertz CT molecular complexity index is 1100. The topological polar surface area (TPSA) is 61.5 Å². The number of pyridine rings is 1. The summed E-state index contributed by atoms with van der Waals surface area (Å²) >= 11 is 0. The van der Waals surface area contributed by atoms with Crippen molar-refractivity contribution in [3.63, 3.8) is 0 Å².